The van der Waals surface area contributed by atoms with Crippen LogP contribution in [0.3, 0.4) is 0 Å². The zero-order chi connectivity index (χ0) is 14.9. The number of rotatable bonds is 6. The number of nitrogens with one attached hydrogen (secondary N) is 1. The van der Waals surface area contributed by atoms with Crippen molar-refractivity contribution in [3.63, 3.8) is 0 Å². The Bertz CT molecular complexity index is 467. The lowest BCUT2D eigenvalue weighted by atomic mass is 10.2. The fraction of sp³-hybridized carbons (Fsp3) is 0.471. The third-order valence-electron chi connectivity index (χ3n) is 3.90. The van der Waals surface area contributed by atoms with E-state index < -0.39 is 0 Å². The number of nitrogens with zero attached hydrogens (tertiary/aromatic N) is 2. The second-order valence-corrected chi connectivity index (χ2v) is 5.34. The molecule has 0 radical (unpaired) electrons. The van der Waals surface area contributed by atoms with E-state index in [1.807, 2.05) is 24.3 Å². The first-order chi connectivity index (χ1) is 10.3. The van der Waals surface area contributed by atoms with Crippen LogP contribution in [0.1, 0.15) is 25.3 Å². The van der Waals surface area contributed by atoms with Crippen molar-refractivity contribution in [2.75, 3.05) is 26.2 Å². The van der Waals surface area contributed by atoms with Crippen LogP contribution in [0.2, 0.25) is 0 Å². The molecule has 1 saturated heterocycles. The molecule has 0 aliphatic carbocycles. The molecule has 0 saturated carbocycles. The van der Waals surface area contributed by atoms with E-state index in [0.717, 1.165) is 13.1 Å². The molecule has 1 aliphatic heterocycles. The van der Waals surface area contributed by atoms with E-state index in [2.05, 4.69) is 40.3 Å². The van der Waals surface area contributed by atoms with Gasteiger partial charge in [-0.2, -0.15) is 0 Å². The lowest BCUT2D eigenvalue weighted by molar-refractivity contribution is 0.267. The van der Waals surface area contributed by atoms with Crippen LogP contribution >= 0.6 is 0 Å². The molecule has 3 N–H and O–H groups in total. The molecule has 0 amide bonds. The minimum atomic E-state index is 0.538. The molecule has 1 unspecified atom stereocenters. The standard InChI is InChI=1S/C17H26N4/c1-2-21-13-7-11-16(21)14-20-17(18)19-12-6-10-15-8-4-3-5-9-15/h3-6,8-10,16H,2,7,11-14H2,1H3,(H3,18,19,20). The first-order valence-electron chi connectivity index (χ1n) is 7.79. The van der Waals surface area contributed by atoms with Gasteiger partial charge in [0.05, 0.1) is 6.54 Å². The molecular weight excluding hydrogens is 260 g/mol. The largest absolute Gasteiger partial charge is 0.370 e. The Hall–Kier alpha value is -1.81. The molecule has 1 aliphatic rings. The van der Waals surface area contributed by atoms with Crippen LogP contribution in [0.5, 0.6) is 0 Å². The summed E-state index contributed by atoms with van der Waals surface area (Å²) in [5.41, 5.74) is 7.09. The number of guanidine groups is 1. The first kappa shape index (κ1) is 15.6. The molecule has 1 fully saturated rings. The van der Waals surface area contributed by atoms with Crippen molar-refractivity contribution in [1.82, 2.24) is 10.2 Å². The van der Waals surface area contributed by atoms with Crippen molar-refractivity contribution < 1.29 is 0 Å². The van der Waals surface area contributed by atoms with Gasteiger partial charge in [0, 0.05) is 12.6 Å². The van der Waals surface area contributed by atoms with Gasteiger partial charge >= 0.3 is 0 Å². The lowest BCUT2D eigenvalue weighted by Gasteiger charge is -2.23. The molecule has 21 heavy (non-hydrogen) atoms. The van der Waals surface area contributed by atoms with Gasteiger partial charge in [-0.15, -0.1) is 0 Å². The molecule has 1 aromatic rings. The Labute approximate surface area is 127 Å². The summed E-state index contributed by atoms with van der Waals surface area (Å²) < 4.78 is 0. The quantitative estimate of drug-likeness (QED) is 0.622. The molecule has 1 aromatic carbocycles. The van der Waals surface area contributed by atoms with Crippen molar-refractivity contribution in [1.29, 1.82) is 0 Å². The van der Waals surface area contributed by atoms with Crippen LogP contribution in [0.15, 0.2) is 41.4 Å². The van der Waals surface area contributed by atoms with Crippen molar-refractivity contribution in [2.24, 2.45) is 10.7 Å². The summed E-state index contributed by atoms with van der Waals surface area (Å²) in [4.78, 5) is 6.82. The van der Waals surface area contributed by atoms with Crippen LogP contribution in [0.25, 0.3) is 6.08 Å². The third kappa shape index (κ3) is 5.23. The summed E-state index contributed by atoms with van der Waals surface area (Å²) in [6, 6.07) is 10.8. The maximum Gasteiger partial charge on any atom is 0.188 e. The van der Waals surface area contributed by atoms with Crippen molar-refractivity contribution in [2.45, 2.75) is 25.8 Å². The fourth-order valence-corrected chi connectivity index (χ4v) is 2.72. The molecule has 0 spiro atoms. The minimum Gasteiger partial charge on any atom is -0.370 e. The van der Waals surface area contributed by atoms with Gasteiger partial charge in [-0.05, 0) is 31.5 Å². The van der Waals surface area contributed by atoms with Crippen LogP contribution in [0, 0.1) is 0 Å². The van der Waals surface area contributed by atoms with Gasteiger partial charge in [0.1, 0.15) is 0 Å². The zero-order valence-electron chi connectivity index (χ0n) is 12.8. The summed E-state index contributed by atoms with van der Waals surface area (Å²) in [6.07, 6.45) is 6.63. The highest BCUT2D eigenvalue weighted by Crippen LogP contribution is 2.15. The average molecular weight is 286 g/mol. The van der Waals surface area contributed by atoms with Gasteiger partial charge in [-0.1, -0.05) is 49.4 Å². The summed E-state index contributed by atoms with van der Waals surface area (Å²) in [7, 11) is 0. The number of hydrogen-bond donors (Lipinski definition) is 2. The second kappa shape index (κ2) is 8.47. The van der Waals surface area contributed by atoms with Gasteiger partial charge < -0.3 is 11.1 Å². The van der Waals surface area contributed by atoms with Gasteiger partial charge in [0.25, 0.3) is 0 Å². The van der Waals surface area contributed by atoms with Crippen molar-refractivity contribution >= 4 is 12.0 Å². The maximum atomic E-state index is 5.90. The summed E-state index contributed by atoms with van der Waals surface area (Å²) in [6.45, 7) is 6.04. The predicted molar refractivity (Wildman–Crippen MR) is 90.2 cm³/mol. The van der Waals surface area contributed by atoms with Gasteiger partial charge in [-0.25, -0.2) is 4.99 Å². The maximum absolute atomic E-state index is 5.90. The number of likely N-dealkylation sites (tertiary alicyclic amines) is 1. The van der Waals surface area contributed by atoms with E-state index in [-0.39, 0.29) is 0 Å². The molecule has 1 heterocycles. The van der Waals surface area contributed by atoms with Crippen LogP contribution in [-0.4, -0.2) is 43.1 Å². The molecule has 0 bridgehead atoms. The molecular formula is C17H26N4. The normalized spacial score (nSPS) is 20.2. The van der Waals surface area contributed by atoms with E-state index in [1.54, 1.807) is 0 Å². The van der Waals surface area contributed by atoms with Gasteiger partial charge in [0.15, 0.2) is 5.96 Å². The van der Waals surface area contributed by atoms with Crippen LogP contribution < -0.4 is 11.1 Å². The number of hydrogen-bond acceptors (Lipinski definition) is 2. The SMILES string of the molecule is CCN1CCCC1CNC(N)=NCC=Cc1ccccc1. The number of likely N-dealkylation sites (N-methyl/N-ethyl adjacent to an activating group) is 1. The van der Waals surface area contributed by atoms with Crippen molar-refractivity contribution in [3.8, 4) is 0 Å². The molecule has 4 nitrogen and oxygen atoms in total. The number of benzene rings is 1. The monoisotopic (exact) mass is 286 g/mol. The predicted octanol–water partition coefficient (Wildman–Crippen LogP) is 2.09. The van der Waals surface area contributed by atoms with E-state index in [0.29, 0.717) is 18.5 Å². The molecule has 1 atom stereocenters. The van der Waals surface area contributed by atoms with Gasteiger partial charge in [-0.3, -0.25) is 4.90 Å². The van der Waals surface area contributed by atoms with Gasteiger partial charge in [0.2, 0.25) is 0 Å². The Morgan fingerprint density at radius 2 is 2.24 bits per heavy atom. The molecule has 0 aromatic heterocycles. The Kier molecular flexibility index (Phi) is 6.28. The van der Waals surface area contributed by atoms with Crippen LogP contribution in [0.4, 0.5) is 0 Å². The minimum absolute atomic E-state index is 0.538. The Morgan fingerprint density at radius 1 is 1.43 bits per heavy atom. The lowest BCUT2D eigenvalue weighted by Crippen LogP contribution is -2.42. The highest BCUT2D eigenvalue weighted by molar-refractivity contribution is 5.78. The molecule has 114 valence electrons. The summed E-state index contributed by atoms with van der Waals surface area (Å²) >= 11 is 0. The fourth-order valence-electron chi connectivity index (χ4n) is 2.72. The summed E-state index contributed by atoms with van der Waals surface area (Å²) in [5.74, 6) is 0.538. The smallest absolute Gasteiger partial charge is 0.188 e. The van der Waals surface area contributed by atoms with E-state index in [1.165, 1.54) is 24.9 Å². The zero-order valence-corrected chi connectivity index (χ0v) is 12.8. The number of nitrogens with two attached hydrogens (primary N) is 1. The molecule has 4 heteroatoms. The molecule has 2 rings (SSSR count). The highest BCUT2D eigenvalue weighted by Gasteiger charge is 2.22. The van der Waals surface area contributed by atoms with Crippen molar-refractivity contribution in [3.05, 3.63) is 42.0 Å². The Morgan fingerprint density at radius 3 is 3.00 bits per heavy atom. The van der Waals surface area contributed by atoms with E-state index in [4.69, 9.17) is 5.73 Å². The van der Waals surface area contributed by atoms with Crippen LogP contribution in [-0.2, 0) is 0 Å². The Balaban J connectivity index is 1.70. The number of aliphatic imine (C=N–C) groups is 1. The van der Waals surface area contributed by atoms with E-state index >= 15 is 0 Å². The first-order valence-corrected chi connectivity index (χ1v) is 7.79. The third-order valence-corrected chi connectivity index (χ3v) is 3.90. The highest BCUT2D eigenvalue weighted by atomic mass is 15.2. The topological polar surface area (TPSA) is 53.6 Å². The summed E-state index contributed by atoms with van der Waals surface area (Å²) in [5, 5.41) is 3.24. The van der Waals surface area contributed by atoms with E-state index in [9.17, 15) is 0 Å². The second-order valence-electron chi connectivity index (χ2n) is 5.34. The average Bonchev–Trinajstić information content (AvgIpc) is 2.98.